The largest absolute Gasteiger partial charge is 0.310 e. The van der Waals surface area contributed by atoms with E-state index in [-0.39, 0.29) is 0 Å². The molecular formula is C17H30N4. The molecule has 1 aliphatic rings. The van der Waals surface area contributed by atoms with E-state index in [2.05, 4.69) is 67.1 Å². The van der Waals surface area contributed by atoms with Gasteiger partial charge in [0, 0.05) is 44.5 Å². The van der Waals surface area contributed by atoms with E-state index in [9.17, 15) is 0 Å². The molecular weight excluding hydrogens is 260 g/mol. The molecule has 118 valence electrons. The molecule has 0 saturated carbocycles. The molecule has 0 spiro atoms. The molecule has 1 saturated heterocycles. The predicted octanol–water partition coefficient (Wildman–Crippen LogP) is 1.96. The Hall–Kier alpha value is -0.970. The number of hydrogen-bond acceptors (Lipinski definition) is 4. The van der Waals surface area contributed by atoms with Crippen molar-refractivity contribution in [2.24, 2.45) is 5.92 Å². The van der Waals surface area contributed by atoms with Gasteiger partial charge in [-0.1, -0.05) is 26.8 Å². The first-order valence-corrected chi connectivity index (χ1v) is 8.01. The van der Waals surface area contributed by atoms with E-state index in [4.69, 9.17) is 0 Å². The fourth-order valence-corrected chi connectivity index (χ4v) is 3.05. The van der Waals surface area contributed by atoms with Crippen molar-refractivity contribution < 1.29 is 0 Å². The third-order valence-corrected chi connectivity index (χ3v) is 4.30. The molecule has 1 N–H and O–H groups in total. The topological polar surface area (TPSA) is 31.4 Å². The van der Waals surface area contributed by atoms with Crippen LogP contribution in [0.15, 0.2) is 18.3 Å². The first-order chi connectivity index (χ1) is 9.95. The number of nitrogens with one attached hydrogen (secondary N) is 1. The lowest BCUT2D eigenvalue weighted by Crippen LogP contribution is -2.34. The van der Waals surface area contributed by atoms with Crippen molar-refractivity contribution in [3.8, 4) is 0 Å². The molecule has 0 amide bonds. The fraction of sp³-hybridized carbons (Fsp3) is 0.706. The maximum Gasteiger partial charge on any atom is 0.0544 e. The van der Waals surface area contributed by atoms with Gasteiger partial charge in [0.2, 0.25) is 0 Å². The van der Waals surface area contributed by atoms with E-state index in [1.165, 1.54) is 17.8 Å². The summed E-state index contributed by atoms with van der Waals surface area (Å²) in [7, 11) is 4.36. The Bertz CT molecular complexity index is 427. The van der Waals surface area contributed by atoms with Crippen molar-refractivity contribution in [1.82, 2.24) is 20.1 Å². The minimum absolute atomic E-state index is 0.513. The molecule has 21 heavy (non-hydrogen) atoms. The summed E-state index contributed by atoms with van der Waals surface area (Å²) < 4.78 is 0. The number of likely N-dealkylation sites (N-methyl/N-ethyl adjacent to an activating group) is 1. The van der Waals surface area contributed by atoms with Crippen LogP contribution in [0.4, 0.5) is 0 Å². The Balaban J connectivity index is 1.86. The summed E-state index contributed by atoms with van der Waals surface area (Å²) in [6.45, 7) is 10.8. The van der Waals surface area contributed by atoms with Gasteiger partial charge in [0.1, 0.15) is 0 Å². The first kappa shape index (κ1) is 16.4. The SMILES string of the molecule is CC(C)NCc1ccc(CN2CC(C)C(N(C)C)C2)nc1. The minimum atomic E-state index is 0.513. The molecule has 4 nitrogen and oxygen atoms in total. The third-order valence-electron chi connectivity index (χ3n) is 4.30. The second kappa shape index (κ2) is 7.34. The van der Waals surface area contributed by atoms with Gasteiger partial charge < -0.3 is 10.2 Å². The minimum Gasteiger partial charge on any atom is -0.310 e. The Morgan fingerprint density at radius 1 is 1.33 bits per heavy atom. The number of nitrogens with zero attached hydrogens (tertiary/aromatic N) is 3. The zero-order chi connectivity index (χ0) is 15.4. The lowest BCUT2D eigenvalue weighted by atomic mass is 10.1. The van der Waals surface area contributed by atoms with Crippen LogP contribution in [0.2, 0.25) is 0 Å². The van der Waals surface area contributed by atoms with E-state index >= 15 is 0 Å². The standard InChI is InChI=1S/C17H30N4/c1-13(2)18-8-15-6-7-16(19-9-15)11-21-10-14(3)17(12-21)20(4)5/h6-7,9,13-14,17-18H,8,10-12H2,1-5H3. The van der Waals surface area contributed by atoms with Gasteiger partial charge >= 0.3 is 0 Å². The zero-order valence-corrected chi connectivity index (χ0v) is 14.1. The van der Waals surface area contributed by atoms with Gasteiger partial charge in [0.25, 0.3) is 0 Å². The number of aromatic nitrogens is 1. The van der Waals surface area contributed by atoms with Crippen molar-refractivity contribution >= 4 is 0 Å². The van der Waals surface area contributed by atoms with Crippen molar-refractivity contribution in [3.05, 3.63) is 29.6 Å². The van der Waals surface area contributed by atoms with Gasteiger partial charge in [-0.3, -0.25) is 9.88 Å². The summed E-state index contributed by atoms with van der Waals surface area (Å²) in [6, 6.07) is 5.55. The van der Waals surface area contributed by atoms with Crippen LogP contribution in [0.3, 0.4) is 0 Å². The molecule has 0 aromatic carbocycles. The normalized spacial score (nSPS) is 23.4. The van der Waals surface area contributed by atoms with Gasteiger partial charge in [-0.15, -0.1) is 0 Å². The molecule has 2 atom stereocenters. The van der Waals surface area contributed by atoms with Gasteiger partial charge in [0.15, 0.2) is 0 Å². The van der Waals surface area contributed by atoms with Crippen molar-refractivity contribution in [1.29, 1.82) is 0 Å². The second-order valence-corrected chi connectivity index (χ2v) is 6.90. The van der Waals surface area contributed by atoms with E-state index in [1.54, 1.807) is 0 Å². The van der Waals surface area contributed by atoms with E-state index in [1.807, 2.05) is 6.20 Å². The average molecular weight is 290 g/mol. The van der Waals surface area contributed by atoms with Gasteiger partial charge in [0.05, 0.1) is 5.69 Å². The highest BCUT2D eigenvalue weighted by atomic mass is 15.2. The number of rotatable bonds is 6. The van der Waals surface area contributed by atoms with Crippen molar-refractivity contribution in [3.63, 3.8) is 0 Å². The van der Waals surface area contributed by atoms with Crippen LogP contribution < -0.4 is 5.32 Å². The fourth-order valence-electron chi connectivity index (χ4n) is 3.05. The van der Waals surface area contributed by atoms with Crippen LogP contribution in [0.5, 0.6) is 0 Å². The molecule has 1 aromatic heterocycles. The van der Waals surface area contributed by atoms with Crippen LogP contribution in [-0.4, -0.2) is 54.1 Å². The van der Waals surface area contributed by atoms with Gasteiger partial charge in [-0.25, -0.2) is 0 Å². The monoisotopic (exact) mass is 290 g/mol. The summed E-state index contributed by atoms with van der Waals surface area (Å²) in [5, 5.41) is 3.42. The Morgan fingerprint density at radius 2 is 2.10 bits per heavy atom. The van der Waals surface area contributed by atoms with Gasteiger partial charge in [-0.05, 0) is 31.6 Å². The van der Waals surface area contributed by atoms with Crippen LogP contribution in [0, 0.1) is 5.92 Å². The average Bonchev–Trinajstić information content (AvgIpc) is 2.79. The Morgan fingerprint density at radius 3 is 2.62 bits per heavy atom. The van der Waals surface area contributed by atoms with Crippen molar-refractivity contribution in [2.75, 3.05) is 27.2 Å². The third kappa shape index (κ3) is 4.77. The molecule has 0 bridgehead atoms. The number of hydrogen-bond donors (Lipinski definition) is 1. The molecule has 1 aliphatic heterocycles. The summed E-state index contributed by atoms with van der Waals surface area (Å²) in [4.78, 5) is 9.48. The second-order valence-electron chi connectivity index (χ2n) is 6.90. The maximum absolute atomic E-state index is 4.62. The quantitative estimate of drug-likeness (QED) is 0.868. The van der Waals surface area contributed by atoms with Crippen LogP contribution in [0.1, 0.15) is 32.0 Å². The lowest BCUT2D eigenvalue weighted by Gasteiger charge is -2.22. The summed E-state index contributed by atoms with van der Waals surface area (Å²) in [5.41, 5.74) is 2.43. The highest BCUT2D eigenvalue weighted by Crippen LogP contribution is 2.21. The molecule has 1 aromatic rings. The molecule has 0 aliphatic carbocycles. The van der Waals surface area contributed by atoms with E-state index < -0.39 is 0 Å². The molecule has 2 heterocycles. The number of pyridine rings is 1. The molecule has 4 heteroatoms. The summed E-state index contributed by atoms with van der Waals surface area (Å²) >= 11 is 0. The first-order valence-electron chi connectivity index (χ1n) is 8.01. The molecule has 1 fully saturated rings. The molecule has 0 radical (unpaired) electrons. The van der Waals surface area contributed by atoms with Crippen LogP contribution in [-0.2, 0) is 13.1 Å². The Kier molecular flexibility index (Phi) is 5.73. The summed E-state index contributed by atoms with van der Waals surface area (Å²) in [5.74, 6) is 0.731. The van der Waals surface area contributed by atoms with Crippen LogP contribution in [0.25, 0.3) is 0 Å². The lowest BCUT2D eigenvalue weighted by molar-refractivity contribution is 0.249. The van der Waals surface area contributed by atoms with Crippen molar-refractivity contribution in [2.45, 2.75) is 45.9 Å². The predicted molar refractivity (Wildman–Crippen MR) is 88.1 cm³/mol. The molecule has 2 unspecified atom stereocenters. The summed E-state index contributed by atoms with van der Waals surface area (Å²) in [6.07, 6.45) is 2.01. The van der Waals surface area contributed by atoms with E-state index in [0.29, 0.717) is 12.1 Å². The Labute approximate surface area is 129 Å². The van der Waals surface area contributed by atoms with E-state index in [0.717, 1.165) is 25.6 Å². The van der Waals surface area contributed by atoms with Gasteiger partial charge in [-0.2, -0.15) is 0 Å². The van der Waals surface area contributed by atoms with Crippen LogP contribution >= 0.6 is 0 Å². The zero-order valence-electron chi connectivity index (χ0n) is 14.1. The number of likely N-dealkylation sites (tertiary alicyclic amines) is 1. The molecule has 2 rings (SSSR count). The smallest absolute Gasteiger partial charge is 0.0544 e. The highest BCUT2D eigenvalue weighted by Gasteiger charge is 2.30. The maximum atomic E-state index is 4.62. The highest BCUT2D eigenvalue weighted by molar-refractivity contribution is 5.14.